The number of ether oxygens (including phenoxy) is 1. The number of carbonyl (C=O) groups excluding carboxylic acids is 1. The monoisotopic (exact) mass is 327 g/mol. The molecule has 0 radical (unpaired) electrons. The topological polar surface area (TPSA) is 38.3 Å². The van der Waals surface area contributed by atoms with Crippen LogP contribution in [0, 0.1) is 5.82 Å². The van der Waals surface area contributed by atoms with Crippen molar-refractivity contribution in [3.05, 3.63) is 58.3 Å². The van der Waals surface area contributed by atoms with Crippen LogP contribution in [0.15, 0.2) is 42.5 Å². The van der Waals surface area contributed by atoms with Crippen LogP contribution in [0.2, 0.25) is 10.0 Å². The number of hydrogen-bond acceptors (Lipinski definition) is 2. The van der Waals surface area contributed by atoms with Gasteiger partial charge in [-0.15, -0.1) is 0 Å². The first-order chi connectivity index (χ1) is 9.95. The molecular formula is C15H12Cl2FNO2. The molecule has 0 heterocycles. The summed E-state index contributed by atoms with van der Waals surface area (Å²) in [7, 11) is 0. The van der Waals surface area contributed by atoms with Crippen molar-refractivity contribution < 1.29 is 13.9 Å². The van der Waals surface area contributed by atoms with E-state index in [0.29, 0.717) is 15.8 Å². The minimum atomic E-state index is -0.801. The van der Waals surface area contributed by atoms with E-state index in [1.54, 1.807) is 31.2 Å². The molecule has 21 heavy (non-hydrogen) atoms. The third-order valence-electron chi connectivity index (χ3n) is 2.68. The van der Waals surface area contributed by atoms with Crippen LogP contribution in [0.4, 0.5) is 10.1 Å². The van der Waals surface area contributed by atoms with Gasteiger partial charge in [-0.3, -0.25) is 4.79 Å². The zero-order valence-corrected chi connectivity index (χ0v) is 12.6. The highest BCUT2D eigenvalue weighted by atomic mass is 35.5. The van der Waals surface area contributed by atoms with Crippen molar-refractivity contribution in [2.45, 2.75) is 13.0 Å². The summed E-state index contributed by atoms with van der Waals surface area (Å²) in [5.41, 5.74) is 0.0130. The Kier molecular flexibility index (Phi) is 5.04. The summed E-state index contributed by atoms with van der Waals surface area (Å²) >= 11 is 11.5. The molecule has 110 valence electrons. The molecule has 3 nitrogen and oxygen atoms in total. The third-order valence-corrected chi connectivity index (χ3v) is 3.17. The van der Waals surface area contributed by atoms with E-state index in [-0.39, 0.29) is 5.69 Å². The first-order valence-corrected chi connectivity index (χ1v) is 6.89. The molecule has 0 saturated heterocycles. The Labute approximate surface area is 131 Å². The fraction of sp³-hybridized carbons (Fsp3) is 0.133. The van der Waals surface area contributed by atoms with Gasteiger partial charge in [0, 0.05) is 10.0 Å². The molecule has 6 heteroatoms. The number of benzene rings is 2. The Hall–Kier alpha value is -1.78. The molecule has 1 amide bonds. The average molecular weight is 328 g/mol. The second kappa shape index (κ2) is 6.78. The summed E-state index contributed by atoms with van der Waals surface area (Å²) in [6.45, 7) is 1.56. The maximum absolute atomic E-state index is 13.5. The lowest BCUT2D eigenvalue weighted by Crippen LogP contribution is -2.30. The van der Waals surface area contributed by atoms with Crippen LogP contribution >= 0.6 is 23.2 Å². The van der Waals surface area contributed by atoms with Gasteiger partial charge in [-0.1, -0.05) is 23.2 Å². The standard InChI is InChI=1S/C15H12Cl2FNO2/c1-9(21-12-5-2-10(16)3-6-12)15(20)19-14-8-11(17)4-7-13(14)18/h2-9H,1H3,(H,19,20)/t9-/m1/s1. The van der Waals surface area contributed by atoms with E-state index in [0.717, 1.165) is 0 Å². The molecular weight excluding hydrogens is 316 g/mol. The van der Waals surface area contributed by atoms with Crippen LogP contribution in [0.3, 0.4) is 0 Å². The van der Waals surface area contributed by atoms with Crippen LogP contribution in [-0.2, 0) is 4.79 Å². The molecule has 0 aliphatic heterocycles. The van der Waals surface area contributed by atoms with Crippen molar-refractivity contribution in [3.8, 4) is 5.75 Å². The van der Waals surface area contributed by atoms with Crippen LogP contribution < -0.4 is 10.1 Å². The normalized spacial score (nSPS) is 11.8. The Morgan fingerprint density at radius 3 is 2.43 bits per heavy atom. The fourth-order valence-electron chi connectivity index (χ4n) is 1.60. The fourth-order valence-corrected chi connectivity index (χ4v) is 1.90. The van der Waals surface area contributed by atoms with Gasteiger partial charge < -0.3 is 10.1 Å². The van der Waals surface area contributed by atoms with Crippen molar-refractivity contribution in [3.63, 3.8) is 0 Å². The van der Waals surface area contributed by atoms with Crippen molar-refractivity contribution in [1.29, 1.82) is 0 Å². The summed E-state index contributed by atoms with van der Waals surface area (Å²) in [5.74, 6) is -0.550. The Morgan fingerprint density at radius 2 is 1.76 bits per heavy atom. The van der Waals surface area contributed by atoms with E-state index in [9.17, 15) is 9.18 Å². The Balaban J connectivity index is 2.02. The predicted octanol–water partition coefficient (Wildman–Crippen LogP) is 4.54. The molecule has 0 aliphatic rings. The maximum atomic E-state index is 13.5. The lowest BCUT2D eigenvalue weighted by atomic mass is 10.2. The highest BCUT2D eigenvalue weighted by molar-refractivity contribution is 6.31. The first kappa shape index (κ1) is 15.6. The van der Waals surface area contributed by atoms with Gasteiger partial charge in [0.15, 0.2) is 6.10 Å². The van der Waals surface area contributed by atoms with Crippen LogP contribution in [0.1, 0.15) is 6.92 Å². The van der Waals surface area contributed by atoms with Crippen molar-refractivity contribution in [2.75, 3.05) is 5.32 Å². The minimum Gasteiger partial charge on any atom is -0.481 e. The van der Waals surface area contributed by atoms with Crippen LogP contribution in [0.25, 0.3) is 0 Å². The number of nitrogens with one attached hydrogen (secondary N) is 1. The molecule has 0 aliphatic carbocycles. The van der Waals surface area contributed by atoms with Crippen molar-refractivity contribution in [2.24, 2.45) is 0 Å². The number of hydrogen-bond donors (Lipinski definition) is 1. The van der Waals surface area contributed by atoms with E-state index in [1.165, 1.54) is 18.2 Å². The van der Waals surface area contributed by atoms with Gasteiger partial charge in [-0.2, -0.15) is 0 Å². The number of rotatable bonds is 4. The molecule has 2 aromatic rings. The van der Waals surface area contributed by atoms with Gasteiger partial charge in [0.25, 0.3) is 5.91 Å². The average Bonchev–Trinajstić information content (AvgIpc) is 2.45. The van der Waals surface area contributed by atoms with E-state index >= 15 is 0 Å². The van der Waals surface area contributed by atoms with Gasteiger partial charge in [0.1, 0.15) is 11.6 Å². The summed E-state index contributed by atoms with van der Waals surface area (Å²) in [5, 5.41) is 3.33. The molecule has 1 N–H and O–H groups in total. The highest BCUT2D eigenvalue weighted by Crippen LogP contribution is 2.21. The molecule has 2 rings (SSSR count). The van der Waals surface area contributed by atoms with Gasteiger partial charge in [-0.05, 0) is 49.4 Å². The summed E-state index contributed by atoms with van der Waals surface area (Å²) < 4.78 is 19.0. The molecule has 2 aromatic carbocycles. The zero-order valence-electron chi connectivity index (χ0n) is 11.1. The minimum absolute atomic E-state index is 0.0130. The largest absolute Gasteiger partial charge is 0.481 e. The molecule has 0 spiro atoms. The SMILES string of the molecule is C[C@@H](Oc1ccc(Cl)cc1)C(=O)Nc1cc(Cl)ccc1F. The lowest BCUT2D eigenvalue weighted by Gasteiger charge is -2.15. The van der Waals surface area contributed by atoms with Crippen molar-refractivity contribution in [1.82, 2.24) is 0 Å². The van der Waals surface area contributed by atoms with Crippen LogP contribution in [-0.4, -0.2) is 12.0 Å². The predicted molar refractivity (Wildman–Crippen MR) is 81.6 cm³/mol. The molecule has 1 atom stereocenters. The first-order valence-electron chi connectivity index (χ1n) is 6.14. The summed E-state index contributed by atoms with van der Waals surface area (Å²) in [6.07, 6.45) is -0.801. The summed E-state index contributed by atoms with van der Waals surface area (Å²) in [6, 6.07) is 10.5. The van der Waals surface area contributed by atoms with Gasteiger partial charge in [0.2, 0.25) is 0 Å². The Bertz CT molecular complexity index is 647. The zero-order chi connectivity index (χ0) is 15.4. The van der Waals surface area contributed by atoms with E-state index in [2.05, 4.69) is 5.32 Å². The molecule has 0 fully saturated rings. The van der Waals surface area contributed by atoms with E-state index in [4.69, 9.17) is 27.9 Å². The van der Waals surface area contributed by atoms with Crippen molar-refractivity contribution >= 4 is 34.8 Å². The second-order valence-electron chi connectivity index (χ2n) is 4.33. The van der Waals surface area contributed by atoms with Gasteiger partial charge in [0.05, 0.1) is 5.69 Å². The van der Waals surface area contributed by atoms with Gasteiger partial charge >= 0.3 is 0 Å². The number of halogens is 3. The molecule has 0 aromatic heterocycles. The third kappa shape index (κ3) is 4.34. The van der Waals surface area contributed by atoms with Crippen LogP contribution in [0.5, 0.6) is 5.75 Å². The summed E-state index contributed by atoms with van der Waals surface area (Å²) in [4.78, 5) is 12.0. The lowest BCUT2D eigenvalue weighted by molar-refractivity contribution is -0.122. The van der Waals surface area contributed by atoms with E-state index in [1.807, 2.05) is 0 Å². The quantitative estimate of drug-likeness (QED) is 0.895. The highest BCUT2D eigenvalue weighted by Gasteiger charge is 2.16. The molecule has 0 saturated carbocycles. The number of carbonyl (C=O) groups is 1. The molecule has 0 bridgehead atoms. The second-order valence-corrected chi connectivity index (χ2v) is 5.20. The number of amides is 1. The molecule has 0 unspecified atom stereocenters. The maximum Gasteiger partial charge on any atom is 0.265 e. The van der Waals surface area contributed by atoms with E-state index < -0.39 is 17.8 Å². The number of anilines is 1. The Morgan fingerprint density at radius 1 is 1.14 bits per heavy atom. The smallest absolute Gasteiger partial charge is 0.265 e. The van der Waals surface area contributed by atoms with Gasteiger partial charge in [-0.25, -0.2) is 4.39 Å².